The van der Waals surface area contributed by atoms with E-state index in [1.807, 2.05) is 12.1 Å². The molecule has 0 spiro atoms. The van der Waals surface area contributed by atoms with Gasteiger partial charge in [0.05, 0.1) is 16.8 Å². The van der Waals surface area contributed by atoms with Crippen molar-refractivity contribution in [1.82, 2.24) is 0 Å². The van der Waals surface area contributed by atoms with Gasteiger partial charge in [-0.15, -0.1) is 0 Å². The third-order valence-corrected chi connectivity index (χ3v) is 12.1. The van der Waals surface area contributed by atoms with Crippen molar-refractivity contribution in [3.63, 3.8) is 0 Å². The van der Waals surface area contributed by atoms with Crippen molar-refractivity contribution in [2.45, 2.75) is 0 Å². The number of hydrogen-bond acceptors (Lipinski definition) is 3. The SMILES string of the molecule is c1ccc(-c2ccc(-c3ccc(N(c4ccccc4-c4cccc5c4oc4cc6ccccc6cc45)c4cccc5oc6ccccc6c45)cc3)cc2-c2ccccc2)cc1. The summed E-state index contributed by atoms with van der Waals surface area (Å²) in [7, 11) is 0. The summed E-state index contributed by atoms with van der Waals surface area (Å²) in [6.07, 6.45) is 0. The van der Waals surface area contributed by atoms with Crippen molar-refractivity contribution in [3.8, 4) is 44.5 Å². The summed E-state index contributed by atoms with van der Waals surface area (Å²) in [5, 5.41) is 6.71. The first-order valence-corrected chi connectivity index (χ1v) is 20.7. The second-order valence-electron chi connectivity index (χ2n) is 15.6. The van der Waals surface area contributed by atoms with Crippen LogP contribution in [0.15, 0.2) is 233 Å². The minimum absolute atomic E-state index is 0.844. The minimum Gasteiger partial charge on any atom is -0.456 e. The monoisotopic (exact) mass is 779 g/mol. The van der Waals surface area contributed by atoms with E-state index in [1.165, 1.54) is 27.6 Å². The van der Waals surface area contributed by atoms with Crippen molar-refractivity contribution >= 4 is 71.7 Å². The van der Waals surface area contributed by atoms with E-state index in [4.69, 9.17) is 8.83 Å². The average molecular weight is 780 g/mol. The highest BCUT2D eigenvalue weighted by atomic mass is 16.3. The lowest BCUT2D eigenvalue weighted by Crippen LogP contribution is -2.11. The van der Waals surface area contributed by atoms with Crippen LogP contribution in [0.2, 0.25) is 0 Å². The van der Waals surface area contributed by atoms with Crippen molar-refractivity contribution in [2.75, 3.05) is 4.90 Å². The number of hydrogen-bond donors (Lipinski definition) is 0. The van der Waals surface area contributed by atoms with Crippen molar-refractivity contribution < 1.29 is 8.83 Å². The fraction of sp³-hybridized carbons (Fsp3) is 0. The van der Waals surface area contributed by atoms with Gasteiger partial charge in [-0.1, -0.05) is 170 Å². The summed E-state index contributed by atoms with van der Waals surface area (Å²) in [6.45, 7) is 0. The van der Waals surface area contributed by atoms with E-state index < -0.39 is 0 Å². The third-order valence-electron chi connectivity index (χ3n) is 12.1. The molecule has 0 aliphatic carbocycles. The molecule has 3 nitrogen and oxygen atoms in total. The fourth-order valence-corrected chi connectivity index (χ4v) is 9.19. The van der Waals surface area contributed by atoms with Gasteiger partial charge >= 0.3 is 0 Å². The quantitative estimate of drug-likeness (QED) is 0.161. The number of benzene rings is 10. The highest BCUT2D eigenvalue weighted by Gasteiger charge is 2.24. The van der Waals surface area contributed by atoms with Gasteiger partial charge < -0.3 is 13.7 Å². The summed E-state index contributed by atoms with van der Waals surface area (Å²) in [4.78, 5) is 2.38. The smallest absolute Gasteiger partial charge is 0.143 e. The predicted octanol–water partition coefficient (Wildman–Crippen LogP) is 16.8. The number of anilines is 3. The number of fused-ring (bicyclic) bond motifs is 7. The molecule has 0 saturated heterocycles. The predicted molar refractivity (Wildman–Crippen MR) is 255 cm³/mol. The van der Waals surface area contributed by atoms with Crippen molar-refractivity contribution in [2.24, 2.45) is 0 Å². The van der Waals surface area contributed by atoms with Crippen LogP contribution in [0.25, 0.3) is 99.2 Å². The Bertz CT molecular complexity index is 3580. The Morgan fingerprint density at radius 1 is 0.295 bits per heavy atom. The molecule has 286 valence electrons. The molecule has 0 radical (unpaired) electrons. The molecular formula is C58H37NO2. The molecule has 0 bridgehead atoms. The van der Waals surface area contributed by atoms with E-state index in [0.717, 1.165) is 88.6 Å². The molecule has 0 fully saturated rings. The minimum atomic E-state index is 0.844. The molecule has 2 heterocycles. The summed E-state index contributed by atoms with van der Waals surface area (Å²) >= 11 is 0. The van der Waals surface area contributed by atoms with E-state index in [1.54, 1.807) is 0 Å². The number of para-hydroxylation sites is 3. The van der Waals surface area contributed by atoms with E-state index in [0.29, 0.717) is 0 Å². The summed E-state index contributed by atoms with van der Waals surface area (Å²) in [6, 6.07) is 79.9. The van der Waals surface area contributed by atoms with Crippen LogP contribution < -0.4 is 4.90 Å². The average Bonchev–Trinajstić information content (AvgIpc) is 3.90. The zero-order chi connectivity index (χ0) is 40.3. The van der Waals surface area contributed by atoms with Gasteiger partial charge in [-0.05, 0) is 98.8 Å². The summed E-state index contributed by atoms with van der Waals surface area (Å²) in [5.74, 6) is 0. The Kier molecular flexibility index (Phi) is 8.17. The molecule has 0 atom stereocenters. The summed E-state index contributed by atoms with van der Waals surface area (Å²) in [5.41, 5.74) is 15.8. The van der Waals surface area contributed by atoms with E-state index in [2.05, 4.69) is 217 Å². The van der Waals surface area contributed by atoms with Gasteiger partial charge in [0, 0.05) is 33.0 Å². The lowest BCUT2D eigenvalue weighted by atomic mass is 9.91. The highest BCUT2D eigenvalue weighted by molar-refractivity contribution is 6.16. The van der Waals surface area contributed by atoms with E-state index in [9.17, 15) is 0 Å². The Morgan fingerprint density at radius 2 is 0.902 bits per heavy atom. The molecule has 0 aliphatic rings. The molecule has 0 amide bonds. The van der Waals surface area contributed by atoms with Crippen LogP contribution in [0.4, 0.5) is 17.1 Å². The molecule has 0 N–H and O–H groups in total. The lowest BCUT2D eigenvalue weighted by Gasteiger charge is -2.28. The van der Waals surface area contributed by atoms with Gasteiger partial charge in [-0.2, -0.15) is 0 Å². The van der Waals surface area contributed by atoms with Crippen LogP contribution in [-0.2, 0) is 0 Å². The molecule has 3 heteroatoms. The molecular weight excluding hydrogens is 743 g/mol. The van der Waals surface area contributed by atoms with Gasteiger partial charge in [0.25, 0.3) is 0 Å². The number of rotatable bonds is 7. The lowest BCUT2D eigenvalue weighted by molar-refractivity contribution is 0.669. The van der Waals surface area contributed by atoms with Crippen LogP contribution in [0.5, 0.6) is 0 Å². The Labute approximate surface area is 353 Å². The van der Waals surface area contributed by atoms with E-state index >= 15 is 0 Å². The topological polar surface area (TPSA) is 29.5 Å². The normalized spacial score (nSPS) is 11.6. The van der Waals surface area contributed by atoms with Crippen LogP contribution in [0.1, 0.15) is 0 Å². The molecule has 12 aromatic rings. The summed E-state index contributed by atoms with van der Waals surface area (Å²) < 4.78 is 13.3. The molecule has 0 aliphatic heterocycles. The molecule has 0 unspecified atom stereocenters. The van der Waals surface area contributed by atoms with Crippen LogP contribution in [-0.4, -0.2) is 0 Å². The van der Waals surface area contributed by atoms with Crippen molar-refractivity contribution in [3.05, 3.63) is 224 Å². The van der Waals surface area contributed by atoms with Crippen LogP contribution in [0, 0.1) is 0 Å². The van der Waals surface area contributed by atoms with Gasteiger partial charge in [-0.3, -0.25) is 0 Å². The second-order valence-corrected chi connectivity index (χ2v) is 15.6. The first-order valence-electron chi connectivity index (χ1n) is 20.7. The molecule has 61 heavy (non-hydrogen) atoms. The van der Waals surface area contributed by atoms with Crippen LogP contribution in [0.3, 0.4) is 0 Å². The van der Waals surface area contributed by atoms with Crippen LogP contribution >= 0.6 is 0 Å². The standard InChI is InChI=1S/C58H37NO2/c1-3-15-39(16-4-1)45-34-31-43(35-50(45)40-17-5-2-6-18-40)38-29-32-44(33-30-38)59(53-26-14-28-55-57(53)49-22-10-12-27-54(49)60-55)52-25-11-9-21-46(52)47-23-13-24-48-51-36-41-19-7-8-20-42(41)37-56(51)61-58(47)48/h1-37H. The van der Waals surface area contributed by atoms with Gasteiger partial charge in [0.15, 0.2) is 0 Å². The molecule has 10 aromatic carbocycles. The largest absolute Gasteiger partial charge is 0.456 e. The highest BCUT2D eigenvalue weighted by Crippen LogP contribution is 2.48. The Balaban J connectivity index is 1.04. The van der Waals surface area contributed by atoms with Gasteiger partial charge in [-0.25, -0.2) is 0 Å². The number of nitrogens with zero attached hydrogens (tertiary/aromatic N) is 1. The molecule has 12 rings (SSSR count). The first kappa shape index (κ1) is 34.9. The fourth-order valence-electron chi connectivity index (χ4n) is 9.19. The number of furan rings is 2. The maximum atomic E-state index is 6.82. The Morgan fingerprint density at radius 3 is 1.72 bits per heavy atom. The first-order chi connectivity index (χ1) is 30.2. The van der Waals surface area contributed by atoms with E-state index in [-0.39, 0.29) is 0 Å². The third kappa shape index (κ3) is 5.90. The van der Waals surface area contributed by atoms with Crippen molar-refractivity contribution in [1.29, 1.82) is 0 Å². The zero-order valence-electron chi connectivity index (χ0n) is 33.1. The molecule has 0 saturated carbocycles. The van der Waals surface area contributed by atoms with Gasteiger partial charge in [0.2, 0.25) is 0 Å². The molecule has 2 aromatic heterocycles. The second kappa shape index (κ2) is 14.3. The van der Waals surface area contributed by atoms with Gasteiger partial charge in [0.1, 0.15) is 22.3 Å². The maximum Gasteiger partial charge on any atom is 0.143 e. The zero-order valence-corrected chi connectivity index (χ0v) is 33.1. The Hall–Kier alpha value is -8.14. The maximum absolute atomic E-state index is 6.82.